The van der Waals surface area contributed by atoms with Gasteiger partial charge in [0.25, 0.3) is 0 Å². The minimum Gasteiger partial charge on any atom is -0.361 e. The maximum atomic E-state index is 12.2. The van der Waals surface area contributed by atoms with Crippen LogP contribution in [0.1, 0.15) is 51.6 Å². The maximum absolute atomic E-state index is 12.2. The summed E-state index contributed by atoms with van der Waals surface area (Å²) < 4.78 is 6.94. The van der Waals surface area contributed by atoms with E-state index in [4.69, 9.17) is 4.52 Å². The summed E-state index contributed by atoms with van der Waals surface area (Å²) in [6, 6.07) is 4.00. The van der Waals surface area contributed by atoms with E-state index < -0.39 is 0 Å². The second kappa shape index (κ2) is 9.57. The van der Waals surface area contributed by atoms with Crippen LogP contribution in [0.15, 0.2) is 44.3 Å². The lowest BCUT2D eigenvalue weighted by Crippen LogP contribution is -2.12. The van der Waals surface area contributed by atoms with Gasteiger partial charge in [-0.2, -0.15) is 0 Å². The van der Waals surface area contributed by atoms with Crippen molar-refractivity contribution in [2.45, 2.75) is 48.5 Å². The van der Waals surface area contributed by atoms with Crippen molar-refractivity contribution in [3.05, 3.63) is 57.5 Å². The topological polar surface area (TPSA) is 76.2 Å². The van der Waals surface area contributed by atoms with E-state index in [1.54, 1.807) is 11.6 Å². The van der Waals surface area contributed by atoms with Gasteiger partial charge in [-0.05, 0) is 58.0 Å². The number of nitrogens with one attached hydrogen (secondary N) is 1. The van der Waals surface area contributed by atoms with Crippen LogP contribution in [0.2, 0.25) is 0 Å². The average Bonchev–Trinajstić information content (AvgIpc) is 3.16. The molecule has 0 aliphatic heterocycles. The fourth-order valence-corrected chi connectivity index (χ4v) is 3.29. The first-order valence-electron chi connectivity index (χ1n) is 10.1. The molecule has 1 aromatic carbocycles. The third kappa shape index (κ3) is 4.70. The summed E-state index contributed by atoms with van der Waals surface area (Å²) in [5.41, 5.74) is 6.69. The number of nitrogens with zero attached hydrogens (tertiary/aromatic N) is 3. The number of aromatic amines is 1. The standard InChI is InChI=1S/C20H22N4O2.C4H10/c1-7-8-15(11(2)21-5)16-9-14(18-12(3)23-26-13(18)4)10-17-19(16)24(6)20(25)22-17;1-4(2)3/h7-10H,5H2,1-4,6H3,(H,22,25);4H,1-3H3/b8-7-,15-11+;. The van der Waals surface area contributed by atoms with Gasteiger partial charge in [-0.3, -0.25) is 9.56 Å². The van der Waals surface area contributed by atoms with Crippen LogP contribution in [0, 0.1) is 19.8 Å². The average molecular weight is 409 g/mol. The Kier molecular flexibility index (Phi) is 7.38. The van der Waals surface area contributed by atoms with Crippen molar-refractivity contribution < 1.29 is 4.52 Å². The number of allylic oxidation sites excluding steroid dienone is 4. The van der Waals surface area contributed by atoms with Gasteiger partial charge >= 0.3 is 5.69 Å². The Hall–Kier alpha value is -3.15. The van der Waals surface area contributed by atoms with Crippen molar-refractivity contribution in [3.8, 4) is 11.1 Å². The maximum Gasteiger partial charge on any atom is 0.326 e. The second-order valence-corrected chi connectivity index (χ2v) is 8.00. The molecule has 0 aliphatic carbocycles. The van der Waals surface area contributed by atoms with Gasteiger partial charge in [0.2, 0.25) is 0 Å². The van der Waals surface area contributed by atoms with Gasteiger partial charge in [0.05, 0.1) is 16.7 Å². The molecule has 0 radical (unpaired) electrons. The van der Waals surface area contributed by atoms with Crippen LogP contribution in [0.25, 0.3) is 27.7 Å². The number of imidazole rings is 1. The van der Waals surface area contributed by atoms with E-state index in [0.717, 1.165) is 56.4 Å². The first-order valence-corrected chi connectivity index (χ1v) is 10.1. The Morgan fingerprint density at radius 2 is 1.93 bits per heavy atom. The molecular weight excluding hydrogens is 376 g/mol. The molecule has 6 heteroatoms. The molecule has 0 fully saturated rings. The quantitative estimate of drug-likeness (QED) is 0.437. The number of aryl methyl sites for hydroxylation is 3. The van der Waals surface area contributed by atoms with Gasteiger partial charge in [-0.15, -0.1) is 0 Å². The smallest absolute Gasteiger partial charge is 0.326 e. The zero-order valence-corrected chi connectivity index (χ0v) is 19.3. The summed E-state index contributed by atoms with van der Waals surface area (Å²) in [5.74, 6) is 1.57. The Morgan fingerprint density at radius 1 is 1.30 bits per heavy atom. The first-order chi connectivity index (χ1) is 14.1. The highest BCUT2D eigenvalue weighted by atomic mass is 16.5. The van der Waals surface area contributed by atoms with Crippen LogP contribution in [0.4, 0.5) is 0 Å². The molecule has 0 atom stereocenters. The highest BCUT2D eigenvalue weighted by Gasteiger charge is 2.18. The second-order valence-electron chi connectivity index (χ2n) is 8.00. The molecule has 3 rings (SSSR count). The largest absolute Gasteiger partial charge is 0.361 e. The van der Waals surface area contributed by atoms with E-state index in [9.17, 15) is 4.79 Å². The molecule has 3 aromatic rings. The summed E-state index contributed by atoms with van der Waals surface area (Å²) >= 11 is 0. The van der Waals surface area contributed by atoms with Crippen LogP contribution < -0.4 is 5.69 Å². The summed E-state index contributed by atoms with van der Waals surface area (Å²) in [4.78, 5) is 19.3. The number of hydrogen-bond donors (Lipinski definition) is 1. The third-order valence-electron chi connectivity index (χ3n) is 4.56. The molecule has 30 heavy (non-hydrogen) atoms. The lowest BCUT2D eigenvalue weighted by molar-refractivity contribution is 0.393. The zero-order valence-electron chi connectivity index (χ0n) is 19.3. The highest BCUT2D eigenvalue weighted by molar-refractivity contribution is 5.96. The highest BCUT2D eigenvalue weighted by Crippen LogP contribution is 2.35. The number of aliphatic imine (C=N–C) groups is 1. The Balaban J connectivity index is 0.000000735. The summed E-state index contributed by atoms with van der Waals surface area (Å²) in [6.45, 7) is 17.8. The third-order valence-corrected chi connectivity index (χ3v) is 4.56. The minimum atomic E-state index is -0.166. The molecule has 6 nitrogen and oxygen atoms in total. The Morgan fingerprint density at radius 3 is 2.43 bits per heavy atom. The van der Waals surface area contributed by atoms with E-state index in [0.29, 0.717) is 0 Å². The molecule has 0 aliphatic rings. The van der Waals surface area contributed by atoms with Gasteiger partial charge in [0.1, 0.15) is 5.76 Å². The Bertz CT molecular complexity index is 1150. The van der Waals surface area contributed by atoms with Crippen molar-refractivity contribution >= 4 is 23.3 Å². The minimum absolute atomic E-state index is 0.166. The molecule has 2 aromatic heterocycles. The Labute approximate surface area is 178 Å². The first kappa shape index (κ1) is 23.1. The van der Waals surface area contributed by atoms with Crippen LogP contribution in [-0.2, 0) is 7.05 Å². The molecular formula is C24H32N4O2. The van der Waals surface area contributed by atoms with Gasteiger partial charge in [0.15, 0.2) is 0 Å². The summed E-state index contributed by atoms with van der Waals surface area (Å²) in [7, 11) is 1.75. The van der Waals surface area contributed by atoms with Crippen LogP contribution in [0.3, 0.4) is 0 Å². The summed E-state index contributed by atoms with van der Waals surface area (Å²) in [5, 5.41) is 4.05. The zero-order chi connectivity index (χ0) is 22.6. The number of aromatic nitrogens is 3. The fraction of sp³-hybridized carbons (Fsp3) is 0.375. The molecule has 2 heterocycles. The molecule has 1 N–H and O–H groups in total. The van der Waals surface area contributed by atoms with E-state index in [-0.39, 0.29) is 5.69 Å². The number of fused-ring (bicyclic) bond motifs is 1. The molecule has 0 saturated heterocycles. The van der Waals surface area contributed by atoms with Crippen LogP contribution in [0.5, 0.6) is 0 Å². The van der Waals surface area contributed by atoms with Gasteiger partial charge < -0.3 is 9.51 Å². The van der Waals surface area contributed by atoms with Crippen molar-refractivity contribution in [1.29, 1.82) is 0 Å². The fourth-order valence-electron chi connectivity index (χ4n) is 3.29. The molecule has 160 valence electrons. The van der Waals surface area contributed by atoms with E-state index in [1.807, 2.05) is 52.0 Å². The number of H-pyrrole nitrogens is 1. The number of rotatable bonds is 4. The van der Waals surface area contributed by atoms with Crippen molar-refractivity contribution in [1.82, 2.24) is 14.7 Å². The monoisotopic (exact) mass is 408 g/mol. The molecule has 0 spiro atoms. The van der Waals surface area contributed by atoms with Crippen LogP contribution in [-0.4, -0.2) is 21.4 Å². The van der Waals surface area contributed by atoms with Gasteiger partial charge in [-0.1, -0.05) is 38.1 Å². The number of benzene rings is 1. The predicted molar refractivity (Wildman–Crippen MR) is 126 cm³/mol. The molecule has 0 unspecified atom stereocenters. The lowest BCUT2D eigenvalue weighted by Gasteiger charge is -2.11. The van der Waals surface area contributed by atoms with E-state index in [2.05, 4.69) is 42.6 Å². The number of hydrogen-bond acceptors (Lipinski definition) is 4. The van der Waals surface area contributed by atoms with Crippen molar-refractivity contribution in [2.75, 3.05) is 0 Å². The normalized spacial score (nSPS) is 12.3. The van der Waals surface area contributed by atoms with Crippen molar-refractivity contribution in [3.63, 3.8) is 0 Å². The SMILES string of the molecule is C=N/C(C)=C(\C=C/C)c1cc(-c2c(C)noc2C)cc2[nH]c(=O)n(C)c12.CC(C)C. The molecule has 0 bridgehead atoms. The molecule has 0 amide bonds. The van der Waals surface area contributed by atoms with E-state index in [1.165, 1.54) is 0 Å². The lowest BCUT2D eigenvalue weighted by atomic mass is 9.95. The molecule has 0 saturated carbocycles. The predicted octanol–water partition coefficient (Wildman–Crippen LogP) is 5.81. The van der Waals surface area contributed by atoms with Crippen molar-refractivity contribution in [2.24, 2.45) is 18.0 Å². The van der Waals surface area contributed by atoms with Crippen LogP contribution >= 0.6 is 0 Å². The van der Waals surface area contributed by atoms with Gasteiger partial charge in [-0.25, -0.2) is 4.79 Å². The van der Waals surface area contributed by atoms with Gasteiger partial charge in [0, 0.05) is 29.4 Å². The summed E-state index contributed by atoms with van der Waals surface area (Å²) in [6.07, 6.45) is 3.93. The van der Waals surface area contributed by atoms with E-state index >= 15 is 0 Å².